The van der Waals surface area contributed by atoms with Crippen molar-refractivity contribution in [1.82, 2.24) is 5.32 Å². The molecule has 2 aromatic rings. The number of hydrogen-bond donors (Lipinski definition) is 2. The molecule has 2 aromatic carbocycles. The lowest BCUT2D eigenvalue weighted by Gasteiger charge is -2.36. The molecule has 4 aliphatic rings. The highest BCUT2D eigenvalue weighted by atomic mass is 32.2. The van der Waals surface area contributed by atoms with E-state index in [9.17, 15) is 36.0 Å². The highest BCUT2D eigenvalue weighted by Crippen LogP contribution is 2.53. The van der Waals surface area contributed by atoms with Crippen LogP contribution in [0.4, 0.5) is 23.2 Å². The maximum atomic E-state index is 15.1. The van der Waals surface area contributed by atoms with Crippen LogP contribution >= 0.6 is 0 Å². The van der Waals surface area contributed by atoms with Gasteiger partial charge in [-0.25, -0.2) is 12.8 Å². The van der Waals surface area contributed by atoms with E-state index >= 15 is 4.39 Å². The molecule has 266 valence electrons. The Morgan fingerprint density at radius 2 is 1.63 bits per heavy atom. The van der Waals surface area contributed by atoms with Gasteiger partial charge in [-0.1, -0.05) is 6.07 Å². The molecule has 17 heteroatoms. The fraction of sp³-hybridized carbons (Fsp3) is 0.531. The number of nitrogens with one attached hydrogen (secondary N) is 2. The lowest BCUT2D eigenvalue weighted by Crippen LogP contribution is -2.55. The number of anilines is 1. The number of amides is 2. The third-order valence-corrected chi connectivity index (χ3v) is 11.3. The monoisotopic (exact) mass is 714 g/mol. The number of fused-ring (bicyclic) bond motifs is 5. The number of hydrogen-bond acceptors (Lipinski definition) is 10. The number of benzene rings is 2. The van der Waals surface area contributed by atoms with Crippen molar-refractivity contribution in [3.05, 3.63) is 47.8 Å². The highest BCUT2D eigenvalue weighted by molar-refractivity contribution is 7.92. The number of rotatable bonds is 9. The van der Waals surface area contributed by atoms with Crippen molar-refractivity contribution in [3.63, 3.8) is 0 Å². The first-order valence-electron chi connectivity index (χ1n) is 15.6. The molecular formula is C32H34F4N2O10S. The van der Waals surface area contributed by atoms with E-state index in [1.54, 1.807) is 0 Å². The Bertz CT molecular complexity index is 1730. The Kier molecular flexibility index (Phi) is 9.54. The lowest BCUT2D eigenvalue weighted by molar-refractivity contribution is -0.147. The lowest BCUT2D eigenvalue weighted by atomic mass is 9.80. The minimum atomic E-state index is -5.67. The van der Waals surface area contributed by atoms with Gasteiger partial charge in [0.15, 0.2) is 11.6 Å². The molecule has 2 N–H and O–H groups in total. The maximum absolute atomic E-state index is 15.1. The predicted molar refractivity (Wildman–Crippen MR) is 161 cm³/mol. The molecule has 49 heavy (non-hydrogen) atoms. The number of carbonyl (C=O) groups excluding carboxylic acids is 3. The zero-order valence-electron chi connectivity index (χ0n) is 26.3. The second-order valence-corrected chi connectivity index (χ2v) is 14.5. The van der Waals surface area contributed by atoms with Gasteiger partial charge in [-0.05, 0) is 56.4 Å². The van der Waals surface area contributed by atoms with Gasteiger partial charge in [0, 0.05) is 29.6 Å². The molecule has 0 spiro atoms. The summed E-state index contributed by atoms with van der Waals surface area (Å²) in [5.41, 5.74) is -5.80. The zero-order valence-corrected chi connectivity index (χ0v) is 27.1. The summed E-state index contributed by atoms with van der Waals surface area (Å²) in [5.74, 6) is -4.82. The minimum Gasteiger partial charge on any atom is -0.496 e. The molecule has 0 unspecified atom stereocenters. The van der Waals surface area contributed by atoms with E-state index in [-0.39, 0.29) is 47.3 Å². The van der Waals surface area contributed by atoms with Gasteiger partial charge < -0.3 is 34.3 Å². The van der Waals surface area contributed by atoms with E-state index in [4.69, 9.17) is 23.7 Å². The van der Waals surface area contributed by atoms with E-state index in [1.807, 2.05) is 0 Å². The number of methoxy groups -OCH3 is 2. The third-order valence-electron chi connectivity index (χ3n) is 9.86. The van der Waals surface area contributed by atoms with Crippen molar-refractivity contribution in [2.24, 2.45) is 23.7 Å². The van der Waals surface area contributed by atoms with Gasteiger partial charge in [0.2, 0.25) is 5.91 Å². The first-order valence-corrected chi connectivity index (χ1v) is 17.1. The summed E-state index contributed by atoms with van der Waals surface area (Å²) in [5, 5.41) is 5.38. The number of ether oxygens (including phenoxy) is 5. The molecule has 0 radical (unpaired) electrons. The molecule has 4 fully saturated rings. The maximum Gasteiger partial charge on any atom is 0.501 e. The Labute approximate surface area is 278 Å². The summed E-state index contributed by atoms with van der Waals surface area (Å²) in [6, 6.07) is 5.18. The summed E-state index contributed by atoms with van der Waals surface area (Å²) in [4.78, 5) is 38.4. The molecule has 6 rings (SSSR count). The van der Waals surface area contributed by atoms with Gasteiger partial charge in [-0.15, -0.1) is 0 Å². The fourth-order valence-electron chi connectivity index (χ4n) is 7.56. The van der Waals surface area contributed by atoms with Crippen LogP contribution in [0.15, 0.2) is 41.3 Å². The van der Waals surface area contributed by atoms with Crippen molar-refractivity contribution >= 4 is 33.3 Å². The van der Waals surface area contributed by atoms with Crippen molar-refractivity contribution in [3.8, 4) is 11.5 Å². The van der Waals surface area contributed by atoms with Crippen molar-refractivity contribution in [2.75, 3.05) is 26.3 Å². The van der Waals surface area contributed by atoms with Gasteiger partial charge in [0.05, 0.1) is 54.8 Å². The smallest absolute Gasteiger partial charge is 0.496 e. The Hall–Kier alpha value is -3.96. The standard InChI is InChI=1S/C32H34F4N2O10S/c1-44-23-13-22(33)24(48-17-8-6-15(7-9-17)31(41)45-2)12-19(23)29(39)38-26-21-11-20(27-28(21)47-14-46-27)25(26)30(40)37-16-4-3-5-18(10-16)49(42,43)32(34,35)36/h3-5,10,12-13,15,17,20-21,25-28H,6-9,11,14H2,1-2H3,(H,37,40)(H,38,39)/t15?,17?,20-,21+,25+,26-,27-,28+/m1/s1. The number of sulfone groups is 1. The van der Waals surface area contributed by atoms with Crippen LogP contribution in [0.2, 0.25) is 0 Å². The van der Waals surface area contributed by atoms with E-state index in [0.29, 0.717) is 38.2 Å². The second kappa shape index (κ2) is 13.4. The second-order valence-electron chi connectivity index (χ2n) is 12.5. The quantitative estimate of drug-likeness (QED) is 0.288. The van der Waals surface area contributed by atoms with Crippen LogP contribution in [-0.4, -0.2) is 77.1 Å². The molecule has 1 saturated heterocycles. The van der Waals surface area contributed by atoms with E-state index in [1.165, 1.54) is 26.4 Å². The Morgan fingerprint density at radius 1 is 0.939 bits per heavy atom. The summed E-state index contributed by atoms with van der Waals surface area (Å²) < 4.78 is 106. The third kappa shape index (κ3) is 6.55. The van der Waals surface area contributed by atoms with Gasteiger partial charge in [-0.3, -0.25) is 14.4 Å². The van der Waals surface area contributed by atoms with Gasteiger partial charge >= 0.3 is 11.5 Å². The number of alkyl halides is 3. The molecule has 1 aliphatic heterocycles. The Morgan fingerprint density at radius 3 is 2.29 bits per heavy atom. The van der Waals surface area contributed by atoms with Gasteiger partial charge in [-0.2, -0.15) is 13.2 Å². The van der Waals surface area contributed by atoms with Gasteiger partial charge in [0.25, 0.3) is 15.7 Å². The molecule has 6 atom stereocenters. The summed E-state index contributed by atoms with van der Waals surface area (Å²) in [6.45, 7) is -0.0251. The average Bonchev–Trinajstić information content (AvgIpc) is 3.78. The highest BCUT2D eigenvalue weighted by Gasteiger charge is 2.63. The predicted octanol–water partition coefficient (Wildman–Crippen LogP) is 3.98. The number of esters is 1. The van der Waals surface area contributed by atoms with Crippen molar-refractivity contribution in [2.45, 2.75) is 66.9 Å². The molecule has 12 nitrogen and oxygen atoms in total. The number of carbonyl (C=O) groups is 3. The number of halogens is 4. The average molecular weight is 715 g/mol. The molecule has 0 aromatic heterocycles. The van der Waals surface area contributed by atoms with Crippen molar-refractivity contribution in [1.29, 1.82) is 0 Å². The molecule has 3 saturated carbocycles. The van der Waals surface area contributed by atoms with Crippen LogP contribution in [-0.2, 0) is 33.6 Å². The van der Waals surface area contributed by atoms with Crippen LogP contribution in [0.25, 0.3) is 0 Å². The largest absolute Gasteiger partial charge is 0.501 e. The van der Waals surface area contributed by atoms with E-state index in [0.717, 1.165) is 18.2 Å². The topological polar surface area (TPSA) is 156 Å². The SMILES string of the molecule is COC(=O)C1CCC(Oc2cc(C(=O)N[C@@H]3[C@@H]4C[C@@H]([C@H]5OCO[C@@H]45)[C@@H]3C(=O)Nc3cccc(S(=O)(=O)C(F)(F)F)c3)c(OC)cc2F)CC1. The van der Waals surface area contributed by atoms with Crippen LogP contribution in [0, 0.1) is 29.5 Å². The van der Waals surface area contributed by atoms with Crippen LogP contribution in [0.3, 0.4) is 0 Å². The van der Waals surface area contributed by atoms with Crippen molar-refractivity contribution < 1.29 is 64.0 Å². The molecule has 3 aliphatic carbocycles. The van der Waals surface area contributed by atoms with Crippen LogP contribution in [0.1, 0.15) is 42.5 Å². The van der Waals surface area contributed by atoms with E-state index < -0.39 is 74.1 Å². The molecular weight excluding hydrogens is 680 g/mol. The van der Waals surface area contributed by atoms with Crippen LogP contribution < -0.4 is 20.1 Å². The summed E-state index contributed by atoms with van der Waals surface area (Å²) in [7, 11) is -3.10. The normalized spacial score (nSPS) is 29.2. The van der Waals surface area contributed by atoms with E-state index in [2.05, 4.69) is 10.6 Å². The first-order chi connectivity index (χ1) is 23.2. The zero-order chi connectivity index (χ0) is 35.2. The summed E-state index contributed by atoms with van der Waals surface area (Å²) in [6.07, 6.45) is 1.01. The van der Waals surface area contributed by atoms with Crippen LogP contribution in [0.5, 0.6) is 11.5 Å². The minimum absolute atomic E-state index is 0.0251. The summed E-state index contributed by atoms with van der Waals surface area (Å²) >= 11 is 0. The molecule has 1 heterocycles. The Balaban J connectivity index is 1.22. The van der Waals surface area contributed by atoms with Gasteiger partial charge in [0.1, 0.15) is 12.5 Å². The molecule has 2 bridgehead atoms. The fourth-order valence-corrected chi connectivity index (χ4v) is 8.36. The molecule has 2 amide bonds. The first kappa shape index (κ1) is 34.9.